The number of benzene rings is 1. The molecule has 116 valence electrons. The lowest BCUT2D eigenvalue weighted by atomic mass is 9.98. The van der Waals surface area contributed by atoms with Gasteiger partial charge < -0.3 is 10.6 Å². The van der Waals surface area contributed by atoms with Crippen LogP contribution in [0.15, 0.2) is 24.3 Å². The van der Waals surface area contributed by atoms with Gasteiger partial charge in [-0.3, -0.25) is 9.69 Å². The zero-order valence-corrected chi connectivity index (χ0v) is 13.3. The molecule has 1 fully saturated rings. The van der Waals surface area contributed by atoms with E-state index in [-0.39, 0.29) is 5.91 Å². The zero-order valence-electron chi connectivity index (χ0n) is 12.6. The van der Waals surface area contributed by atoms with Crippen LogP contribution >= 0.6 is 11.6 Å². The third kappa shape index (κ3) is 5.65. The molecule has 0 spiro atoms. The lowest BCUT2D eigenvalue weighted by molar-refractivity contribution is -0.117. The van der Waals surface area contributed by atoms with Crippen molar-refractivity contribution in [3.63, 3.8) is 0 Å². The molecule has 4 nitrogen and oxygen atoms in total. The fourth-order valence-electron chi connectivity index (χ4n) is 2.75. The van der Waals surface area contributed by atoms with Crippen LogP contribution in [0.2, 0.25) is 5.02 Å². The quantitative estimate of drug-likeness (QED) is 0.849. The lowest BCUT2D eigenvalue weighted by Gasteiger charge is -2.32. The molecule has 2 N–H and O–H groups in total. The molecule has 0 aromatic heterocycles. The van der Waals surface area contributed by atoms with Gasteiger partial charge in [-0.1, -0.05) is 18.5 Å². The van der Waals surface area contributed by atoms with E-state index in [1.54, 1.807) is 12.1 Å². The van der Waals surface area contributed by atoms with Gasteiger partial charge in [0.25, 0.3) is 0 Å². The van der Waals surface area contributed by atoms with Crippen LogP contribution in [0.25, 0.3) is 0 Å². The molecule has 1 unspecified atom stereocenters. The van der Waals surface area contributed by atoms with Gasteiger partial charge in [0.1, 0.15) is 0 Å². The summed E-state index contributed by atoms with van der Waals surface area (Å²) >= 11 is 5.83. The van der Waals surface area contributed by atoms with E-state index < -0.39 is 0 Å². The van der Waals surface area contributed by atoms with Crippen LogP contribution in [0.1, 0.15) is 19.8 Å². The van der Waals surface area contributed by atoms with E-state index in [9.17, 15) is 4.79 Å². The molecule has 1 aliphatic heterocycles. The van der Waals surface area contributed by atoms with Crippen molar-refractivity contribution in [3.05, 3.63) is 29.3 Å². The highest BCUT2D eigenvalue weighted by Crippen LogP contribution is 2.16. The van der Waals surface area contributed by atoms with Gasteiger partial charge in [0.05, 0.1) is 6.54 Å². The molecule has 0 saturated carbocycles. The Bertz CT molecular complexity index is 449. The first kappa shape index (κ1) is 16.3. The van der Waals surface area contributed by atoms with Crippen molar-refractivity contribution in [2.75, 3.05) is 38.0 Å². The Labute approximate surface area is 131 Å². The van der Waals surface area contributed by atoms with Crippen molar-refractivity contribution < 1.29 is 4.79 Å². The van der Waals surface area contributed by atoms with Crippen LogP contribution < -0.4 is 10.6 Å². The van der Waals surface area contributed by atoms with E-state index in [0.717, 1.165) is 31.9 Å². The maximum atomic E-state index is 12.1. The number of amides is 1. The van der Waals surface area contributed by atoms with Gasteiger partial charge in [-0.15, -0.1) is 0 Å². The third-order valence-electron chi connectivity index (χ3n) is 3.78. The SMILES string of the molecule is CCNCC1CCCN(CC(=O)Nc2ccc(Cl)cc2)C1. The molecule has 5 heteroatoms. The number of anilines is 1. The number of hydrogen-bond acceptors (Lipinski definition) is 3. The van der Waals surface area contributed by atoms with Crippen LogP contribution in [-0.2, 0) is 4.79 Å². The van der Waals surface area contributed by atoms with Crippen LogP contribution in [0, 0.1) is 5.92 Å². The minimum absolute atomic E-state index is 0.0430. The number of nitrogens with zero attached hydrogens (tertiary/aromatic N) is 1. The van der Waals surface area contributed by atoms with Crippen molar-refractivity contribution in [2.24, 2.45) is 5.92 Å². The molecule has 1 heterocycles. The average Bonchev–Trinajstić information content (AvgIpc) is 2.48. The van der Waals surface area contributed by atoms with E-state index in [1.165, 1.54) is 12.8 Å². The number of piperidine rings is 1. The van der Waals surface area contributed by atoms with Crippen molar-refractivity contribution in [1.29, 1.82) is 0 Å². The van der Waals surface area contributed by atoms with Crippen molar-refractivity contribution in [1.82, 2.24) is 10.2 Å². The number of carbonyl (C=O) groups excluding carboxylic acids is 1. The summed E-state index contributed by atoms with van der Waals surface area (Å²) in [6.45, 7) is 6.66. The molecule has 2 rings (SSSR count). The van der Waals surface area contributed by atoms with Gasteiger partial charge in [0, 0.05) is 17.3 Å². The van der Waals surface area contributed by atoms with Crippen LogP contribution in [0.4, 0.5) is 5.69 Å². The van der Waals surface area contributed by atoms with Gasteiger partial charge in [-0.2, -0.15) is 0 Å². The molecule has 0 aliphatic carbocycles. The largest absolute Gasteiger partial charge is 0.325 e. The summed E-state index contributed by atoms with van der Waals surface area (Å²) in [4.78, 5) is 14.3. The maximum Gasteiger partial charge on any atom is 0.238 e. The Balaban J connectivity index is 1.77. The number of rotatable bonds is 6. The third-order valence-corrected chi connectivity index (χ3v) is 4.03. The summed E-state index contributed by atoms with van der Waals surface area (Å²) < 4.78 is 0. The van der Waals surface area contributed by atoms with Gasteiger partial charge >= 0.3 is 0 Å². The fourth-order valence-corrected chi connectivity index (χ4v) is 2.87. The summed E-state index contributed by atoms with van der Waals surface area (Å²) in [6.07, 6.45) is 2.42. The monoisotopic (exact) mass is 309 g/mol. The van der Waals surface area contributed by atoms with Crippen LogP contribution in [0.3, 0.4) is 0 Å². The Morgan fingerprint density at radius 2 is 2.14 bits per heavy atom. The first-order valence-corrected chi connectivity index (χ1v) is 8.03. The van der Waals surface area contributed by atoms with Crippen LogP contribution in [-0.4, -0.2) is 43.5 Å². The van der Waals surface area contributed by atoms with Crippen molar-refractivity contribution in [3.8, 4) is 0 Å². The summed E-state index contributed by atoms with van der Waals surface area (Å²) in [5, 5.41) is 6.99. The number of nitrogens with one attached hydrogen (secondary N) is 2. The topological polar surface area (TPSA) is 44.4 Å². The molecule has 21 heavy (non-hydrogen) atoms. The molecular formula is C16H24ClN3O. The second-order valence-electron chi connectivity index (χ2n) is 5.61. The normalized spacial score (nSPS) is 19.4. The molecule has 1 atom stereocenters. The number of likely N-dealkylation sites (tertiary alicyclic amines) is 1. The standard InChI is InChI=1S/C16H24ClN3O/c1-2-18-10-13-4-3-9-20(11-13)12-16(21)19-15-7-5-14(17)6-8-15/h5-8,13,18H,2-4,9-12H2,1H3,(H,19,21). The van der Waals surface area contributed by atoms with Gasteiger partial charge in [0.2, 0.25) is 5.91 Å². The number of halogens is 1. The molecular weight excluding hydrogens is 286 g/mol. The summed E-state index contributed by atoms with van der Waals surface area (Å²) in [6, 6.07) is 7.21. The first-order valence-electron chi connectivity index (χ1n) is 7.66. The van der Waals surface area contributed by atoms with E-state index in [4.69, 9.17) is 11.6 Å². The summed E-state index contributed by atoms with van der Waals surface area (Å²) in [5.41, 5.74) is 0.797. The van der Waals surface area contributed by atoms with E-state index in [0.29, 0.717) is 17.5 Å². The Kier molecular flexibility index (Phi) is 6.49. The minimum Gasteiger partial charge on any atom is -0.325 e. The molecule has 1 aromatic rings. The van der Waals surface area contributed by atoms with Gasteiger partial charge in [-0.05, 0) is 62.7 Å². The Hall–Kier alpha value is -1.10. The molecule has 1 amide bonds. The van der Waals surface area contributed by atoms with E-state index in [2.05, 4.69) is 22.5 Å². The van der Waals surface area contributed by atoms with Crippen molar-refractivity contribution in [2.45, 2.75) is 19.8 Å². The number of carbonyl (C=O) groups is 1. The number of hydrogen-bond donors (Lipinski definition) is 2. The summed E-state index contributed by atoms with van der Waals surface area (Å²) in [7, 11) is 0. The van der Waals surface area contributed by atoms with E-state index >= 15 is 0 Å². The maximum absolute atomic E-state index is 12.1. The summed E-state index contributed by atoms with van der Waals surface area (Å²) in [5.74, 6) is 0.698. The Morgan fingerprint density at radius 3 is 2.86 bits per heavy atom. The van der Waals surface area contributed by atoms with E-state index in [1.807, 2.05) is 12.1 Å². The van der Waals surface area contributed by atoms with Gasteiger partial charge in [0.15, 0.2) is 0 Å². The highest BCUT2D eigenvalue weighted by atomic mass is 35.5. The average molecular weight is 310 g/mol. The van der Waals surface area contributed by atoms with Gasteiger partial charge in [-0.25, -0.2) is 0 Å². The predicted octanol–water partition coefficient (Wildman–Crippen LogP) is 2.60. The highest BCUT2D eigenvalue weighted by Gasteiger charge is 2.21. The Morgan fingerprint density at radius 1 is 1.38 bits per heavy atom. The van der Waals surface area contributed by atoms with Crippen molar-refractivity contribution >= 4 is 23.2 Å². The molecule has 0 bridgehead atoms. The predicted molar refractivity (Wildman–Crippen MR) is 87.8 cm³/mol. The second-order valence-corrected chi connectivity index (χ2v) is 6.04. The molecule has 0 radical (unpaired) electrons. The zero-order chi connectivity index (χ0) is 15.1. The highest BCUT2D eigenvalue weighted by molar-refractivity contribution is 6.30. The fraction of sp³-hybridized carbons (Fsp3) is 0.562. The molecule has 1 aliphatic rings. The van der Waals surface area contributed by atoms with Crippen LogP contribution in [0.5, 0.6) is 0 Å². The smallest absolute Gasteiger partial charge is 0.238 e. The molecule has 1 aromatic carbocycles. The molecule has 1 saturated heterocycles. The minimum atomic E-state index is 0.0430. The second kappa shape index (κ2) is 8.37. The first-order chi connectivity index (χ1) is 10.2. The lowest BCUT2D eigenvalue weighted by Crippen LogP contribution is -2.43.